The highest BCUT2D eigenvalue weighted by Gasteiger charge is 2.08. The summed E-state index contributed by atoms with van der Waals surface area (Å²) >= 11 is 6.12. The predicted molar refractivity (Wildman–Crippen MR) is 67.1 cm³/mol. The SMILES string of the molecule is CCCN(CC)Cc1c(N)cccc1Cl. The molecule has 2 nitrogen and oxygen atoms in total. The Morgan fingerprint density at radius 2 is 2.07 bits per heavy atom. The van der Waals surface area contributed by atoms with Gasteiger partial charge in [0.2, 0.25) is 0 Å². The molecule has 0 amide bonds. The fourth-order valence-electron chi connectivity index (χ4n) is 1.63. The van der Waals surface area contributed by atoms with Crippen LogP contribution in [0.5, 0.6) is 0 Å². The number of nitrogens with two attached hydrogens (primary N) is 1. The molecule has 1 aromatic rings. The Balaban J connectivity index is 2.78. The molecule has 3 heteroatoms. The van der Waals surface area contributed by atoms with Crippen LogP contribution in [0.3, 0.4) is 0 Å². The number of rotatable bonds is 5. The van der Waals surface area contributed by atoms with Crippen molar-refractivity contribution >= 4 is 17.3 Å². The third kappa shape index (κ3) is 3.40. The summed E-state index contributed by atoms with van der Waals surface area (Å²) in [5, 5.41) is 0.768. The van der Waals surface area contributed by atoms with Crippen LogP contribution in [0.15, 0.2) is 18.2 Å². The second kappa shape index (κ2) is 5.99. The molecule has 0 aromatic heterocycles. The van der Waals surface area contributed by atoms with Crippen LogP contribution < -0.4 is 5.73 Å². The maximum Gasteiger partial charge on any atom is 0.0471 e. The number of anilines is 1. The summed E-state index contributed by atoms with van der Waals surface area (Å²) in [6.07, 6.45) is 1.15. The van der Waals surface area contributed by atoms with Gasteiger partial charge < -0.3 is 5.73 Å². The van der Waals surface area contributed by atoms with Crippen molar-refractivity contribution in [2.24, 2.45) is 0 Å². The van der Waals surface area contributed by atoms with Crippen molar-refractivity contribution in [2.45, 2.75) is 26.8 Å². The summed E-state index contributed by atoms with van der Waals surface area (Å²) in [6.45, 7) is 7.29. The summed E-state index contributed by atoms with van der Waals surface area (Å²) in [5.41, 5.74) is 7.75. The van der Waals surface area contributed by atoms with Gasteiger partial charge >= 0.3 is 0 Å². The lowest BCUT2D eigenvalue weighted by Crippen LogP contribution is -2.24. The largest absolute Gasteiger partial charge is 0.398 e. The van der Waals surface area contributed by atoms with Gasteiger partial charge in [-0.05, 0) is 31.6 Å². The van der Waals surface area contributed by atoms with Crippen molar-refractivity contribution in [3.63, 3.8) is 0 Å². The highest BCUT2D eigenvalue weighted by atomic mass is 35.5. The van der Waals surface area contributed by atoms with Gasteiger partial charge in [0, 0.05) is 22.8 Å². The van der Waals surface area contributed by atoms with Gasteiger partial charge in [0.15, 0.2) is 0 Å². The molecule has 0 aliphatic heterocycles. The molecule has 15 heavy (non-hydrogen) atoms. The minimum Gasteiger partial charge on any atom is -0.398 e. The quantitative estimate of drug-likeness (QED) is 0.782. The Labute approximate surface area is 97.0 Å². The first-order chi connectivity index (χ1) is 7.19. The minimum absolute atomic E-state index is 0.768. The molecule has 0 radical (unpaired) electrons. The molecule has 0 saturated carbocycles. The van der Waals surface area contributed by atoms with Crippen molar-refractivity contribution in [2.75, 3.05) is 18.8 Å². The van der Waals surface area contributed by atoms with Gasteiger partial charge in [0.25, 0.3) is 0 Å². The highest BCUT2D eigenvalue weighted by Crippen LogP contribution is 2.23. The number of hydrogen-bond donors (Lipinski definition) is 1. The molecule has 0 spiro atoms. The summed E-state index contributed by atoms with van der Waals surface area (Å²) in [7, 11) is 0. The minimum atomic E-state index is 0.768. The van der Waals surface area contributed by atoms with Crippen LogP contribution in [0.25, 0.3) is 0 Å². The van der Waals surface area contributed by atoms with E-state index in [0.29, 0.717) is 0 Å². The van der Waals surface area contributed by atoms with Gasteiger partial charge in [0.1, 0.15) is 0 Å². The molecule has 2 N–H and O–H groups in total. The smallest absolute Gasteiger partial charge is 0.0471 e. The van der Waals surface area contributed by atoms with Gasteiger partial charge in [-0.15, -0.1) is 0 Å². The molecule has 0 bridgehead atoms. The van der Waals surface area contributed by atoms with Gasteiger partial charge in [-0.3, -0.25) is 4.90 Å². The van der Waals surface area contributed by atoms with E-state index in [9.17, 15) is 0 Å². The third-order valence-corrected chi connectivity index (χ3v) is 2.88. The number of benzene rings is 1. The van der Waals surface area contributed by atoms with Crippen LogP contribution in [0.1, 0.15) is 25.8 Å². The Morgan fingerprint density at radius 1 is 1.33 bits per heavy atom. The van der Waals surface area contributed by atoms with Crippen molar-refractivity contribution < 1.29 is 0 Å². The molecule has 0 fully saturated rings. The first-order valence-electron chi connectivity index (χ1n) is 5.44. The molecular weight excluding hydrogens is 208 g/mol. The topological polar surface area (TPSA) is 29.3 Å². The van der Waals surface area contributed by atoms with E-state index in [-0.39, 0.29) is 0 Å². The van der Waals surface area contributed by atoms with Crippen LogP contribution in [0.4, 0.5) is 5.69 Å². The van der Waals surface area contributed by atoms with Gasteiger partial charge in [-0.1, -0.05) is 31.5 Å². The molecule has 84 valence electrons. The van der Waals surface area contributed by atoms with E-state index in [1.807, 2.05) is 18.2 Å². The molecule has 1 aromatic carbocycles. The number of halogens is 1. The molecule has 0 heterocycles. The zero-order chi connectivity index (χ0) is 11.3. The third-order valence-electron chi connectivity index (χ3n) is 2.52. The Kier molecular flexibility index (Phi) is 4.92. The number of nitrogens with zero attached hydrogens (tertiary/aromatic N) is 1. The van der Waals surface area contributed by atoms with Crippen LogP contribution >= 0.6 is 11.6 Å². The molecule has 0 unspecified atom stereocenters. The summed E-state index contributed by atoms with van der Waals surface area (Å²) in [6, 6.07) is 5.69. The molecule has 0 atom stereocenters. The summed E-state index contributed by atoms with van der Waals surface area (Å²) in [4.78, 5) is 2.34. The second-order valence-corrected chi connectivity index (χ2v) is 4.08. The lowest BCUT2D eigenvalue weighted by Gasteiger charge is -2.21. The molecule has 0 aliphatic carbocycles. The van der Waals surface area contributed by atoms with Crippen LogP contribution in [-0.4, -0.2) is 18.0 Å². The van der Waals surface area contributed by atoms with Gasteiger partial charge in [0.05, 0.1) is 0 Å². The number of nitrogen functional groups attached to an aromatic ring is 1. The maximum atomic E-state index is 6.12. The zero-order valence-electron chi connectivity index (χ0n) is 9.46. The zero-order valence-corrected chi connectivity index (χ0v) is 10.2. The average Bonchev–Trinajstić information content (AvgIpc) is 2.22. The average molecular weight is 227 g/mol. The van der Waals surface area contributed by atoms with E-state index in [2.05, 4.69) is 18.7 Å². The van der Waals surface area contributed by atoms with E-state index in [1.165, 1.54) is 0 Å². The van der Waals surface area contributed by atoms with Crippen LogP contribution in [-0.2, 0) is 6.54 Å². The first-order valence-corrected chi connectivity index (χ1v) is 5.82. The number of hydrogen-bond acceptors (Lipinski definition) is 2. The van der Waals surface area contributed by atoms with Crippen molar-refractivity contribution in [3.05, 3.63) is 28.8 Å². The van der Waals surface area contributed by atoms with Crippen molar-refractivity contribution in [1.29, 1.82) is 0 Å². The van der Waals surface area contributed by atoms with E-state index in [4.69, 9.17) is 17.3 Å². The normalized spacial score (nSPS) is 10.9. The Bertz CT molecular complexity index is 292. The Morgan fingerprint density at radius 3 is 2.60 bits per heavy atom. The molecule has 0 saturated heterocycles. The lowest BCUT2D eigenvalue weighted by atomic mass is 10.1. The highest BCUT2D eigenvalue weighted by molar-refractivity contribution is 6.31. The predicted octanol–water partition coefficient (Wildman–Crippen LogP) is 3.15. The van der Waals surface area contributed by atoms with Crippen molar-refractivity contribution in [3.8, 4) is 0 Å². The van der Waals surface area contributed by atoms with Crippen molar-refractivity contribution in [1.82, 2.24) is 4.90 Å². The fraction of sp³-hybridized carbons (Fsp3) is 0.500. The Hall–Kier alpha value is -0.730. The lowest BCUT2D eigenvalue weighted by molar-refractivity contribution is 0.281. The van der Waals surface area contributed by atoms with Gasteiger partial charge in [-0.25, -0.2) is 0 Å². The first kappa shape index (κ1) is 12.3. The van der Waals surface area contributed by atoms with Crippen LogP contribution in [0, 0.1) is 0 Å². The summed E-state index contributed by atoms with van der Waals surface area (Å²) in [5.74, 6) is 0. The van der Waals surface area contributed by atoms with E-state index in [0.717, 1.165) is 42.3 Å². The molecular formula is C12H19ClN2. The van der Waals surface area contributed by atoms with E-state index in [1.54, 1.807) is 0 Å². The van der Waals surface area contributed by atoms with E-state index >= 15 is 0 Å². The summed E-state index contributed by atoms with van der Waals surface area (Å²) < 4.78 is 0. The van der Waals surface area contributed by atoms with Crippen LogP contribution in [0.2, 0.25) is 5.02 Å². The van der Waals surface area contributed by atoms with Gasteiger partial charge in [-0.2, -0.15) is 0 Å². The van der Waals surface area contributed by atoms with E-state index < -0.39 is 0 Å². The fourth-order valence-corrected chi connectivity index (χ4v) is 1.87. The monoisotopic (exact) mass is 226 g/mol. The maximum absolute atomic E-state index is 6.12. The standard InChI is InChI=1S/C12H19ClN2/c1-3-8-15(4-2)9-10-11(13)6-5-7-12(10)14/h5-7H,3-4,8-9,14H2,1-2H3. The molecule has 1 rings (SSSR count). The second-order valence-electron chi connectivity index (χ2n) is 3.68. The molecule has 0 aliphatic rings.